The van der Waals surface area contributed by atoms with E-state index in [9.17, 15) is 4.79 Å². The molecular weight excluding hydrogens is 198 g/mol. The van der Waals surface area contributed by atoms with Gasteiger partial charge in [0.05, 0.1) is 12.2 Å². The van der Waals surface area contributed by atoms with Gasteiger partial charge in [0, 0.05) is 6.61 Å². The van der Waals surface area contributed by atoms with E-state index in [1.54, 1.807) is 0 Å². The van der Waals surface area contributed by atoms with Crippen LogP contribution in [0.2, 0.25) is 0 Å². The molecule has 0 heterocycles. The van der Waals surface area contributed by atoms with E-state index in [-0.39, 0.29) is 25.2 Å². The molecule has 0 bridgehead atoms. The van der Waals surface area contributed by atoms with Crippen molar-refractivity contribution in [2.24, 2.45) is 5.73 Å². The van der Waals surface area contributed by atoms with Crippen LogP contribution in [0.3, 0.4) is 0 Å². The Morgan fingerprint density at radius 1 is 1.40 bits per heavy atom. The average Bonchev–Trinajstić information content (AvgIpc) is 2.11. The summed E-state index contributed by atoms with van der Waals surface area (Å²) in [6.07, 6.45) is 0.221. The molecule has 1 atom stereocenters. The van der Waals surface area contributed by atoms with Gasteiger partial charge in [0.25, 0.3) is 0 Å². The van der Waals surface area contributed by atoms with Crippen molar-refractivity contribution in [3.63, 3.8) is 0 Å². The number of carbonyl (C=O) groups is 1. The molecule has 0 rings (SSSR count). The van der Waals surface area contributed by atoms with Crippen LogP contribution in [0.5, 0.6) is 0 Å². The highest BCUT2D eigenvalue weighted by Gasteiger charge is 2.15. The zero-order chi connectivity index (χ0) is 11.9. The molecule has 5 heteroatoms. The first-order valence-corrected chi connectivity index (χ1v) is 5.04. The highest BCUT2D eigenvalue weighted by atomic mass is 16.6. The first-order valence-electron chi connectivity index (χ1n) is 5.04. The third-order valence-electron chi connectivity index (χ3n) is 1.61. The Bertz CT molecular complexity index is 188. The van der Waals surface area contributed by atoms with E-state index in [2.05, 4.69) is 0 Å². The van der Waals surface area contributed by atoms with Crippen LogP contribution in [0.4, 0.5) is 0 Å². The van der Waals surface area contributed by atoms with Crippen molar-refractivity contribution in [2.75, 3.05) is 19.8 Å². The zero-order valence-corrected chi connectivity index (χ0v) is 9.66. The summed E-state index contributed by atoms with van der Waals surface area (Å²) in [4.78, 5) is 11.1. The second kappa shape index (κ2) is 6.76. The fourth-order valence-electron chi connectivity index (χ4n) is 0.854. The van der Waals surface area contributed by atoms with Gasteiger partial charge in [-0.1, -0.05) is 0 Å². The lowest BCUT2D eigenvalue weighted by Crippen LogP contribution is -2.34. The minimum Gasteiger partial charge on any atom is -0.462 e. The lowest BCUT2D eigenvalue weighted by atomic mass is 10.2. The first kappa shape index (κ1) is 14.3. The van der Waals surface area contributed by atoms with Gasteiger partial charge in [0.15, 0.2) is 0 Å². The fourth-order valence-corrected chi connectivity index (χ4v) is 0.854. The zero-order valence-electron chi connectivity index (χ0n) is 9.66. The smallest absolute Gasteiger partial charge is 0.323 e. The molecule has 0 saturated heterocycles. The number of rotatable bonds is 6. The Morgan fingerprint density at radius 2 is 2.00 bits per heavy atom. The van der Waals surface area contributed by atoms with Gasteiger partial charge in [0.2, 0.25) is 0 Å². The predicted molar refractivity (Wildman–Crippen MR) is 56.3 cm³/mol. The minimum atomic E-state index is -0.746. The molecule has 0 radical (unpaired) electrons. The molecule has 3 N–H and O–H groups in total. The maximum absolute atomic E-state index is 11.1. The standard InChI is InChI=1S/C10H21NO4/c1-10(2,3)15-7-6-14-9(13)8(11)4-5-12/h8,12H,4-7,11H2,1-3H3. The van der Waals surface area contributed by atoms with Crippen LogP contribution in [0.1, 0.15) is 27.2 Å². The van der Waals surface area contributed by atoms with E-state index < -0.39 is 12.0 Å². The van der Waals surface area contributed by atoms with Gasteiger partial charge < -0.3 is 20.3 Å². The topological polar surface area (TPSA) is 81.8 Å². The Morgan fingerprint density at radius 3 is 2.47 bits per heavy atom. The summed E-state index contributed by atoms with van der Waals surface area (Å²) in [7, 11) is 0. The Kier molecular flexibility index (Phi) is 6.47. The van der Waals surface area contributed by atoms with Crippen LogP contribution in [0.15, 0.2) is 0 Å². The Labute approximate surface area is 90.5 Å². The molecule has 0 aliphatic rings. The van der Waals surface area contributed by atoms with Crippen LogP contribution in [0.25, 0.3) is 0 Å². The maximum Gasteiger partial charge on any atom is 0.323 e. The van der Waals surface area contributed by atoms with Gasteiger partial charge in [0.1, 0.15) is 12.6 Å². The maximum atomic E-state index is 11.1. The minimum absolute atomic E-state index is 0.116. The van der Waals surface area contributed by atoms with Gasteiger partial charge in [-0.3, -0.25) is 4.79 Å². The van der Waals surface area contributed by atoms with Crippen LogP contribution in [0, 0.1) is 0 Å². The number of aliphatic hydroxyl groups is 1. The largest absolute Gasteiger partial charge is 0.462 e. The third-order valence-corrected chi connectivity index (χ3v) is 1.61. The lowest BCUT2D eigenvalue weighted by molar-refractivity contribution is -0.148. The molecule has 0 aromatic carbocycles. The Hall–Kier alpha value is -0.650. The lowest BCUT2D eigenvalue weighted by Gasteiger charge is -2.19. The summed E-state index contributed by atoms with van der Waals surface area (Å²) in [6.45, 7) is 6.19. The highest BCUT2D eigenvalue weighted by molar-refractivity contribution is 5.75. The van der Waals surface area contributed by atoms with Gasteiger partial charge in [-0.05, 0) is 27.2 Å². The molecule has 0 aromatic rings. The van der Waals surface area contributed by atoms with Crippen molar-refractivity contribution < 1.29 is 19.4 Å². The number of hydrogen-bond acceptors (Lipinski definition) is 5. The van der Waals surface area contributed by atoms with E-state index in [1.807, 2.05) is 20.8 Å². The molecule has 0 amide bonds. The molecule has 0 aliphatic carbocycles. The van der Waals surface area contributed by atoms with E-state index in [0.29, 0.717) is 6.61 Å². The third kappa shape index (κ3) is 8.35. The molecule has 1 unspecified atom stereocenters. The predicted octanol–water partition coefficient (Wildman–Crippen LogP) is 0.0544. The number of ether oxygens (including phenoxy) is 2. The average molecular weight is 219 g/mol. The molecule has 0 spiro atoms. The molecular formula is C10H21NO4. The molecule has 90 valence electrons. The summed E-state index contributed by atoms with van der Waals surface area (Å²) < 4.78 is 10.2. The number of hydrogen-bond donors (Lipinski definition) is 2. The summed E-state index contributed by atoms with van der Waals surface area (Å²) in [5, 5.41) is 8.55. The SMILES string of the molecule is CC(C)(C)OCCOC(=O)C(N)CCO. The number of esters is 1. The van der Waals surface area contributed by atoms with Crippen molar-refractivity contribution >= 4 is 5.97 Å². The quantitative estimate of drug-likeness (QED) is 0.487. The molecule has 0 saturated carbocycles. The summed E-state index contributed by atoms with van der Waals surface area (Å²) in [5.74, 6) is -0.499. The number of aliphatic hydroxyl groups excluding tert-OH is 1. The fraction of sp³-hybridized carbons (Fsp3) is 0.900. The van der Waals surface area contributed by atoms with Crippen LogP contribution < -0.4 is 5.73 Å². The van der Waals surface area contributed by atoms with Crippen LogP contribution in [-0.4, -0.2) is 42.5 Å². The molecule has 15 heavy (non-hydrogen) atoms. The summed E-state index contributed by atoms with van der Waals surface area (Å²) >= 11 is 0. The number of carbonyl (C=O) groups excluding carboxylic acids is 1. The number of nitrogens with two attached hydrogens (primary N) is 1. The van der Waals surface area contributed by atoms with Crippen molar-refractivity contribution in [3.05, 3.63) is 0 Å². The van der Waals surface area contributed by atoms with E-state index in [1.165, 1.54) is 0 Å². The van der Waals surface area contributed by atoms with Crippen molar-refractivity contribution in [1.29, 1.82) is 0 Å². The van der Waals surface area contributed by atoms with Gasteiger partial charge in [-0.15, -0.1) is 0 Å². The van der Waals surface area contributed by atoms with E-state index in [4.69, 9.17) is 20.3 Å². The first-order chi connectivity index (χ1) is 6.87. The second-order valence-electron chi connectivity index (χ2n) is 4.25. The molecule has 5 nitrogen and oxygen atoms in total. The van der Waals surface area contributed by atoms with E-state index in [0.717, 1.165) is 0 Å². The van der Waals surface area contributed by atoms with Crippen LogP contribution >= 0.6 is 0 Å². The monoisotopic (exact) mass is 219 g/mol. The van der Waals surface area contributed by atoms with Gasteiger partial charge in [-0.2, -0.15) is 0 Å². The molecule has 0 aliphatic heterocycles. The van der Waals surface area contributed by atoms with Crippen molar-refractivity contribution in [1.82, 2.24) is 0 Å². The molecule has 0 fully saturated rings. The second-order valence-corrected chi connectivity index (χ2v) is 4.25. The van der Waals surface area contributed by atoms with Gasteiger partial charge in [-0.25, -0.2) is 0 Å². The normalized spacial score (nSPS) is 13.7. The molecule has 0 aromatic heterocycles. The summed E-state index contributed by atoms with van der Waals surface area (Å²) in [5.41, 5.74) is 5.18. The highest BCUT2D eigenvalue weighted by Crippen LogP contribution is 2.05. The van der Waals surface area contributed by atoms with Gasteiger partial charge >= 0.3 is 5.97 Å². The van der Waals surface area contributed by atoms with E-state index >= 15 is 0 Å². The summed E-state index contributed by atoms with van der Waals surface area (Å²) in [6, 6.07) is -0.746. The van der Waals surface area contributed by atoms with Crippen molar-refractivity contribution in [2.45, 2.75) is 38.8 Å². The Balaban J connectivity index is 3.55. The van der Waals surface area contributed by atoms with Crippen LogP contribution in [-0.2, 0) is 14.3 Å². The van der Waals surface area contributed by atoms with Crippen molar-refractivity contribution in [3.8, 4) is 0 Å².